The molecule has 130 valence electrons. The number of carbonyl (C=O) groups is 3. The monoisotopic (exact) mass is 360 g/mol. The number of nitrogens with one attached hydrogen (secondary N) is 2. The SMILES string of the molecule is CC(=O)Nc1cccc(C(=O)O[C@H](C)C(=O)Nc2cccc(Cl)c2)c1. The number of carbonyl (C=O) groups excluding carboxylic acids is 3. The quantitative estimate of drug-likeness (QED) is 0.799. The molecule has 0 spiro atoms. The van der Waals surface area contributed by atoms with Crippen LogP contribution in [0.3, 0.4) is 0 Å². The van der Waals surface area contributed by atoms with E-state index in [1.165, 1.54) is 26.0 Å². The van der Waals surface area contributed by atoms with Gasteiger partial charge in [-0.2, -0.15) is 0 Å². The van der Waals surface area contributed by atoms with Gasteiger partial charge in [-0.25, -0.2) is 4.79 Å². The molecule has 1 atom stereocenters. The number of hydrogen-bond donors (Lipinski definition) is 2. The van der Waals surface area contributed by atoms with Gasteiger partial charge in [-0.3, -0.25) is 9.59 Å². The number of esters is 1. The molecular weight excluding hydrogens is 344 g/mol. The van der Waals surface area contributed by atoms with E-state index in [-0.39, 0.29) is 11.5 Å². The second kappa shape index (κ2) is 8.30. The molecule has 0 fully saturated rings. The Morgan fingerprint density at radius 3 is 2.28 bits per heavy atom. The van der Waals surface area contributed by atoms with Crippen LogP contribution in [0, 0.1) is 0 Å². The molecule has 0 aromatic heterocycles. The van der Waals surface area contributed by atoms with E-state index in [2.05, 4.69) is 10.6 Å². The molecule has 0 saturated heterocycles. The fourth-order valence-electron chi connectivity index (χ4n) is 2.02. The zero-order chi connectivity index (χ0) is 18.4. The summed E-state index contributed by atoms with van der Waals surface area (Å²) in [4.78, 5) is 35.4. The Bertz CT molecular complexity index is 807. The molecular formula is C18H17ClN2O4. The average molecular weight is 361 g/mol. The number of ether oxygens (including phenoxy) is 1. The van der Waals surface area contributed by atoms with Gasteiger partial charge in [0.15, 0.2) is 6.10 Å². The molecule has 0 aliphatic heterocycles. The van der Waals surface area contributed by atoms with Crippen molar-refractivity contribution in [3.8, 4) is 0 Å². The van der Waals surface area contributed by atoms with Crippen LogP contribution in [-0.4, -0.2) is 23.9 Å². The van der Waals surface area contributed by atoms with Gasteiger partial charge >= 0.3 is 5.97 Å². The summed E-state index contributed by atoms with van der Waals surface area (Å²) >= 11 is 5.86. The molecule has 2 N–H and O–H groups in total. The third-order valence-electron chi connectivity index (χ3n) is 3.16. The first-order valence-corrected chi connectivity index (χ1v) is 7.88. The molecule has 25 heavy (non-hydrogen) atoms. The molecule has 0 heterocycles. The van der Waals surface area contributed by atoms with E-state index in [9.17, 15) is 14.4 Å². The highest BCUT2D eigenvalue weighted by molar-refractivity contribution is 6.30. The summed E-state index contributed by atoms with van der Waals surface area (Å²) in [5.74, 6) is -1.39. The van der Waals surface area contributed by atoms with Crippen molar-refractivity contribution in [3.05, 3.63) is 59.1 Å². The second-order valence-electron chi connectivity index (χ2n) is 5.31. The van der Waals surface area contributed by atoms with Crippen molar-refractivity contribution >= 4 is 40.8 Å². The van der Waals surface area contributed by atoms with Gasteiger partial charge in [0.25, 0.3) is 5.91 Å². The van der Waals surface area contributed by atoms with Gasteiger partial charge in [-0.1, -0.05) is 23.7 Å². The Labute approximate surface area is 150 Å². The average Bonchev–Trinajstić information content (AvgIpc) is 2.54. The Kier molecular flexibility index (Phi) is 6.14. The number of halogens is 1. The van der Waals surface area contributed by atoms with Crippen LogP contribution in [0.2, 0.25) is 5.02 Å². The van der Waals surface area contributed by atoms with Crippen LogP contribution < -0.4 is 10.6 Å². The topological polar surface area (TPSA) is 84.5 Å². The van der Waals surface area contributed by atoms with Crippen molar-refractivity contribution in [2.75, 3.05) is 10.6 Å². The molecule has 2 amide bonds. The predicted molar refractivity (Wildman–Crippen MR) is 95.7 cm³/mol. The lowest BCUT2D eigenvalue weighted by Crippen LogP contribution is -2.30. The summed E-state index contributed by atoms with van der Waals surface area (Å²) in [5.41, 5.74) is 1.21. The van der Waals surface area contributed by atoms with Crippen molar-refractivity contribution in [1.29, 1.82) is 0 Å². The maximum Gasteiger partial charge on any atom is 0.338 e. The lowest BCUT2D eigenvalue weighted by atomic mass is 10.2. The van der Waals surface area contributed by atoms with Crippen LogP contribution in [0.5, 0.6) is 0 Å². The first kappa shape index (κ1) is 18.5. The summed E-state index contributed by atoms with van der Waals surface area (Å²) in [6, 6.07) is 12.9. The van der Waals surface area contributed by atoms with Gasteiger partial charge in [-0.05, 0) is 43.3 Å². The second-order valence-corrected chi connectivity index (χ2v) is 5.75. The summed E-state index contributed by atoms with van der Waals surface area (Å²) < 4.78 is 5.16. The highest BCUT2D eigenvalue weighted by atomic mass is 35.5. The summed E-state index contributed by atoms with van der Waals surface area (Å²) in [7, 11) is 0. The third kappa shape index (κ3) is 5.61. The van der Waals surface area contributed by atoms with Crippen molar-refractivity contribution in [1.82, 2.24) is 0 Å². The van der Waals surface area contributed by atoms with Crippen LogP contribution in [0.1, 0.15) is 24.2 Å². The van der Waals surface area contributed by atoms with Crippen molar-refractivity contribution in [2.24, 2.45) is 0 Å². The lowest BCUT2D eigenvalue weighted by Gasteiger charge is -2.14. The molecule has 2 rings (SSSR count). The molecule has 0 bridgehead atoms. The summed E-state index contributed by atoms with van der Waals surface area (Å²) in [5, 5.41) is 5.68. The zero-order valence-corrected chi connectivity index (χ0v) is 14.5. The van der Waals surface area contributed by atoms with Crippen LogP contribution in [0.4, 0.5) is 11.4 Å². The zero-order valence-electron chi connectivity index (χ0n) is 13.7. The van der Waals surface area contributed by atoms with E-state index in [1.54, 1.807) is 36.4 Å². The van der Waals surface area contributed by atoms with Crippen molar-refractivity contribution in [3.63, 3.8) is 0 Å². The number of benzene rings is 2. The highest BCUT2D eigenvalue weighted by Crippen LogP contribution is 2.16. The van der Waals surface area contributed by atoms with Crippen molar-refractivity contribution < 1.29 is 19.1 Å². The Balaban J connectivity index is 1.99. The van der Waals surface area contributed by atoms with Gasteiger partial charge in [-0.15, -0.1) is 0 Å². The number of hydrogen-bond acceptors (Lipinski definition) is 4. The Morgan fingerprint density at radius 2 is 1.64 bits per heavy atom. The highest BCUT2D eigenvalue weighted by Gasteiger charge is 2.19. The lowest BCUT2D eigenvalue weighted by molar-refractivity contribution is -0.123. The maximum absolute atomic E-state index is 12.2. The van der Waals surface area contributed by atoms with Gasteiger partial charge in [0, 0.05) is 23.3 Å². The number of anilines is 2. The standard InChI is InChI=1S/C18H17ClN2O4/c1-11(17(23)21-16-8-4-6-14(19)10-16)25-18(24)13-5-3-7-15(9-13)20-12(2)22/h3-11H,1-2H3,(H,20,22)(H,21,23)/t11-/m1/s1. The van der Waals surface area contributed by atoms with Crippen LogP contribution in [-0.2, 0) is 14.3 Å². The number of amides is 2. The van der Waals surface area contributed by atoms with Gasteiger partial charge in [0.1, 0.15) is 0 Å². The van der Waals surface area contributed by atoms with E-state index in [1.807, 2.05) is 0 Å². The fourth-order valence-corrected chi connectivity index (χ4v) is 2.21. The third-order valence-corrected chi connectivity index (χ3v) is 3.40. The first-order chi connectivity index (χ1) is 11.8. The molecule has 0 saturated carbocycles. The fraction of sp³-hybridized carbons (Fsp3) is 0.167. The van der Waals surface area contributed by atoms with Crippen LogP contribution in [0.25, 0.3) is 0 Å². The Morgan fingerprint density at radius 1 is 1.00 bits per heavy atom. The molecule has 0 unspecified atom stereocenters. The van der Waals surface area contributed by atoms with E-state index < -0.39 is 18.0 Å². The van der Waals surface area contributed by atoms with Gasteiger partial charge < -0.3 is 15.4 Å². The smallest absolute Gasteiger partial charge is 0.338 e. The van der Waals surface area contributed by atoms with Gasteiger partial charge in [0.05, 0.1) is 5.56 Å². The first-order valence-electron chi connectivity index (χ1n) is 7.50. The van der Waals surface area contributed by atoms with Crippen molar-refractivity contribution in [2.45, 2.75) is 20.0 Å². The Hall–Kier alpha value is -2.86. The van der Waals surface area contributed by atoms with E-state index in [0.717, 1.165) is 0 Å². The van der Waals surface area contributed by atoms with E-state index in [4.69, 9.17) is 16.3 Å². The molecule has 0 aliphatic rings. The summed E-state index contributed by atoms with van der Waals surface area (Å²) in [6.45, 7) is 2.84. The largest absolute Gasteiger partial charge is 0.449 e. The van der Waals surface area contributed by atoms with Crippen LogP contribution >= 0.6 is 11.6 Å². The molecule has 6 nitrogen and oxygen atoms in total. The minimum atomic E-state index is -1.00. The van der Waals surface area contributed by atoms with Crippen LogP contribution in [0.15, 0.2) is 48.5 Å². The number of rotatable bonds is 5. The van der Waals surface area contributed by atoms with Gasteiger partial charge in [0.2, 0.25) is 5.91 Å². The molecule has 2 aromatic rings. The maximum atomic E-state index is 12.2. The molecule has 7 heteroatoms. The minimum absolute atomic E-state index is 0.230. The molecule has 0 radical (unpaired) electrons. The minimum Gasteiger partial charge on any atom is -0.449 e. The normalized spacial score (nSPS) is 11.3. The molecule has 0 aliphatic carbocycles. The van der Waals surface area contributed by atoms with E-state index in [0.29, 0.717) is 16.4 Å². The van der Waals surface area contributed by atoms with E-state index >= 15 is 0 Å². The molecule has 2 aromatic carbocycles. The summed E-state index contributed by atoms with van der Waals surface area (Å²) in [6.07, 6.45) is -1.00. The predicted octanol–water partition coefficient (Wildman–Crippen LogP) is 3.48.